The Morgan fingerprint density at radius 1 is 1.57 bits per heavy atom. The van der Waals surface area contributed by atoms with Crippen molar-refractivity contribution < 1.29 is 0 Å². The van der Waals surface area contributed by atoms with E-state index in [1.165, 1.54) is 19.3 Å². The van der Waals surface area contributed by atoms with Crippen molar-refractivity contribution in [2.24, 2.45) is 0 Å². The third-order valence-electron chi connectivity index (χ3n) is 2.88. The topological polar surface area (TPSA) is 15.3 Å². The highest BCUT2D eigenvalue weighted by molar-refractivity contribution is 4.95. The highest BCUT2D eigenvalue weighted by Crippen LogP contribution is 2.19. The van der Waals surface area contributed by atoms with Gasteiger partial charge in [-0.3, -0.25) is 4.90 Å². The fourth-order valence-electron chi connectivity index (χ4n) is 2.24. The van der Waals surface area contributed by atoms with Crippen molar-refractivity contribution in [2.45, 2.75) is 38.6 Å². The molecule has 1 N–H and O–H groups in total. The van der Waals surface area contributed by atoms with E-state index in [4.69, 9.17) is 6.42 Å². The molecule has 14 heavy (non-hydrogen) atoms. The van der Waals surface area contributed by atoms with E-state index in [9.17, 15) is 0 Å². The molecule has 2 heteroatoms. The average molecular weight is 194 g/mol. The van der Waals surface area contributed by atoms with Gasteiger partial charge in [0.25, 0.3) is 0 Å². The lowest BCUT2D eigenvalue weighted by Crippen LogP contribution is -2.47. The van der Waals surface area contributed by atoms with E-state index in [1.54, 1.807) is 0 Å². The first-order chi connectivity index (χ1) is 6.70. The molecule has 80 valence electrons. The predicted octanol–water partition coefficient (Wildman–Crippen LogP) is 1.47. The Kier molecular flexibility index (Phi) is 4.44. The van der Waals surface area contributed by atoms with Crippen LogP contribution in [0.25, 0.3) is 0 Å². The van der Waals surface area contributed by atoms with Crippen LogP contribution in [-0.4, -0.2) is 36.6 Å². The smallest absolute Gasteiger partial charge is 0.0599 e. The summed E-state index contributed by atoms with van der Waals surface area (Å²) in [6.07, 6.45) is 9.12. The van der Waals surface area contributed by atoms with Gasteiger partial charge in [0.1, 0.15) is 0 Å². The summed E-state index contributed by atoms with van der Waals surface area (Å²) in [7, 11) is 0. The lowest BCUT2D eigenvalue weighted by Gasteiger charge is -2.31. The van der Waals surface area contributed by atoms with Crippen molar-refractivity contribution in [1.29, 1.82) is 0 Å². The first-order valence-electron chi connectivity index (χ1n) is 5.61. The molecule has 0 amide bonds. The summed E-state index contributed by atoms with van der Waals surface area (Å²) in [4.78, 5) is 2.37. The van der Waals surface area contributed by atoms with Gasteiger partial charge in [-0.2, -0.15) is 0 Å². The van der Waals surface area contributed by atoms with Gasteiger partial charge in [-0.25, -0.2) is 0 Å². The molecule has 0 saturated carbocycles. The zero-order valence-corrected chi connectivity index (χ0v) is 9.47. The molecule has 1 rings (SSSR count). The van der Waals surface area contributed by atoms with Crippen molar-refractivity contribution in [3.05, 3.63) is 0 Å². The molecule has 0 aromatic heterocycles. The number of nitrogens with one attached hydrogen (secondary N) is 1. The lowest BCUT2D eigenvalue weighted by atomic mass is 9.99. The number of hydrogen-bond acceptors (Lipinski definition) is 2. The van der Waals surface area contributed by atoms with E-state index in [0.29, 0.717) is 5.54 Å². The van der Waals surface area contributed by atoms with E-state index in [1.807, 2.05) is 0 Å². The van der Waals surface area contributed by atoms with Crippen molar-refractivity contribution in [2.75, 3.05) is 26.2 Å². The first kappa shape index (κ1) is 11.6. The van der Waals surface area contributed by atoms with Crippen LogP contribution >= 0.6 is 0 Å². The fourth-order valence-corrected chi connectivity index (χ4v) is 2.24. The van der Waals surface area contributed by atoms with Crippen LogP contribution in [0.15, 0.2) is 0 Å². The maximum atomic E-state index is 5.37. The SMILES string of the molecule is C#CCN(CCC)CC1(C)CCCN1. The van der Waals surface area contributed by atoms with Gasteiger partial charge in [0.15, 0.2) is 0 Å². The molecule has 2 nitrogen and oxygen atoms in total. The molecule has 1 unspecified atom stereocenters. The highest BCUT2D eigenvalue weighted by atomic mass is 15.2. The number of hydrogen-bond donors (Lipinski definition) is 1. The Hall–Kier alpha value is -0.520. The zero-order valence-electron chi connectivity index (χ0n) is 9.47. The molecule has 0 aliphatic carbocycles. The van der Waals surface area contributed by atoms with Crippen molar-refractivity contribution in [3.63, 3.8) is 0 Å². The molecule has 1 heterocycles. The van der Waals surface area contributed by atoms with E-state index in [0.717, 1.165) is 26.2 Å². The normalized spacial score (nSPS) is 26.7. The van der Waals surface area contributed by atoms with E-state index in [-0.39, 0.29) is 0 Å². The minimum absolute atomic E-state index is 0.298. The number of rotatable bonds is 5. The minimum Gasteiger partial charge on any atom is -0.310 e. The van der Waals surface area contributed by atoms with Gasteiger partial charge >= 0.3 is 0 Å². The van der Waals surface area contributed by atoms with Crippen LogP contribution in [0.1, 0.15) is 33.1 Å². The Morgan fingerprint density at radius 2 is 2.36 bits per heavy atom. The summed E-state index contributed by atoms with van der Waals surface area (Å²) < 4.78 is 0. The second-order valence-corrected chi connectivity index (χ2v) is 4.51. The van der Waals surface area contributed by atoms with Gasteiger partial charge < -0.3 is 5.32 Å². The van der Waals surface area contributed by atoms with Gasteiger partial charge in [0.2, 0.25) is 0 Å². The van der Waals surface area contributed by atoms with E-state index < -0.39 is 0 Å². The molecule has 0 spiro atoms. The van der Waals surface area contributed by atoms with Gasteiger partial charge in [-0.1, -0.05) is 12.8 Å². The van der Waals surface area contributed by atoms with Crippen LogP contribution < -0.4 is 5.32 Å². The standard InChI is InChI=1S/C12H22N2/c1-4-9-14(10-5-2)11-12(3)7-6-8-13-12/h1,13H,5-11H2,2-3H3. The predicted molar refractivity (Wildman–Crippen MR) is 61.2 cm³/mol. The zero-order chi connectivity index (χ0) is 10.4. The van der Waals surface area contributed by atoms with Crippen molar-refractivity contribution in [1.82, 2.24) is 10.2 Å². The van der Waals surface area contributed by atoms with E-state index >= 15 is 0 Å². The number of terminal acetylenes is 1. The average Bonchev–Trinajstić information content (AvgIpc) is 2.53. The molecule has 1 aliphatic heterocycles. The molecule has 0 bridgehead atoms. The van der Waals surface area contributed by atoms with E-state index in [2.05, 4.69) is 30.0 Å². The molecule has 1 aliphatic rings. The van der Waals surface area contributed by atoms with Gasteiger partial charge in [0, 0.05) is 12.1 Å². The Morgan fingerprint density at radius 3 is 2.86 bits per heavy atom. The Bertz CT molecular complexity index is 199. The quantitative estimate of drug-likeness (QED) is 0.667. The molecule has 1 fully saturated rings. The molecule has 0 aromatic rings. The Balaban J connectivity index is 2.41. The maximum absolute atomic E-state index is 5.37. The molecule has 1 saturated heterocycles. The Labute approximate surface area is 88.1 Å². The summed E-state index contributed by atoms with van der Waals surface area (Å²) in [6.45, 7) is 8.65. The second-order valence-electron chi connectivity index (χ2n) is 4.51. The second kappa shape index (κ2) is 5.38. The van der Waals surface area contributed by atoms with Crippen LogP contribution in [0.2, 0.25) is 0 Å². The van der Waals surface area contributed by atoms with Gasteiger partial charge in [-0.15, -0.1) is 6.42 Å². The van der Waals surface area contributed by atoms with Crippen LogP contribution in [0, 0.1) is 12.3 Å². The summed E-state index contributed by atoms with van der Waals surface area (Å²) >= 11 is 0. The summed E-state index contributed by atoms with van der Waals surface area (Å²) in [5, 5.41) is 3.57. The molecular weight excluding hydrogens is 172 g/mol. The minimum atomic E-state index is 0.298. The third-order valence-corrected chi connectivity index (χ3v) is 2.88. The van der Waals surface area contributed by atoms with Crippen molar-refractivity contribution >= 4 is 0 Å². The fraction of sp³-hybridized carbons (Fsp3) is 0.833. The van der Waals surface area contributed by atoms with Gasteiger partial charge in [0.05, 0.1) is 6.54 Å². The summed E-state index contributed by atoms with van der Waals surface area (Å²) in [6, 6.07) is 0. The van der Waals surface area contributed by atoms with Crippen LogP contribution in [-0.2, 0) is 0 Å². The number of nitrogens with zero attached hydrogens (tertiary/aromatic N) is 1. The van der Waals surface area contributed by atoms with Gasteiger partial charge in [-0.05, 0) is 39.3 Å². The van der Waals surface area contributed by atoms with Crippen LogP contribution in [0.5, 0.6) is 0 Å². The largest absolute Gasteiger partial charge is 0.310 e. The molecule has 0 radical (unpaired) electrons. The monoisotopic (exact) mass is 194 g/mol. The summed E-state index contributed by atoms with van der Waals surface area (Å²) in [5.74, 6) is 2.74. The first-order valence-corrected chi connectivity index (χ1v) is 5.61. The van der Waals surface area contributed by atoms with Crippen LogP contribution in [0.3, 0.4) is 0 Å². The maximum Gasteiger partial charge on any atom is 0.0599 e. The summed E-state index contributed by atoms with van der Waals surface area (Å²) in [5.41, 5.74) is 0.298. The highest BCUT2D eigenvalue weighted by Gasteiger charge is 2.29. The molecule has 0 aromatic carbocycles. The molecular formula is C12H22N2. The third kappa shape index (κ3) is 3.32. The lowest BCUT2D eigenvalue weighted by molar-refractivity contribution is 0.223. The molecule has 1 atom stereocenters. The van der Waals surface area contributed by atoms with Crippen LogP contribution in [0.4, 0.5) is 0 Å². The van der Waals surface area contributed by atoms with Crippen molar-refractivity contribution in [3.8, 4) is 12.3 Å².